The average molecular weight is 332 g/mol. The van der Waals surface area contributed by atoms with E-state index in [1.807, 2.05) is 15.8 Å². The van der Waals surface area contributed by atoms with Gasteiger partial charge in [0.25, 0.3) is 0 Å². The van der Waals surface area contributed by atoms with E-state index in [0.717, 1.165) is 37.6 Å². The Morgan fingerprint density at radius 1 is 1.42 bits per heavy atom. The molecular weight excluding hydrogens is 304 g/mol. The van der Waals surface area contributed by atoms with Gasteiger partial charge in [-0.25, -0.2) is 4.79 Å². The molecule has 0 spiro atoms. The molecule has 6 heteroatoms. The minimum absolute atomic E-state index is 0.0338. The van der Waals surface area contributed by atoms with Crippen LogP contribution in [0.1, 0.15) is 52.5 Å². The molecule has 2 saturated heterocycles. The van der Waals surface area contributed by atoms with Crippen LogP contribution in [0.2, 0.25) is 0 Å². The van der Waals surface area contributed by atoms with Crippen molar-refractivity contribution < 1.29 is 9.53 Å². The number of likely N-dealkylation sites (tertiary alicyclic amines) is 1. The highest BCUT2D eigenvalue weighted by molar-refractivity contribution is 5.90. The first-order chi connectivity index (χ1) is 11.5. The summed E-state index contributed by atoms with van der Waals surface area (Å²) in [4.78, 5) is 14.6. The monoisotopic (exact) mass is 332 g/mol. The van der Waals surface area contributed by atoms with Gasteiger partial charge in [-0.15, -0.1) is 0 Å². The summed E-state index contributed by atoms with van der Waals surface area (Å²) in [6.45, 7) is 8.23. The maximum atomic E-state index is 12.7. The summed E-state index contributed by atoms with van der Waals surface area (Å²) in [7, 11) is 0. The molecule has 6 nitrogen and oxygen atoms in total. The van der Waals surface area contributed by atoms with E-state index in [1.54, 1.807) is 6.20 Å². The Labute approximate surface area is 143 Å². The summed E-state index contributed by atoms with van der Waals surface area (Å²) in [5.41, 5.74) is 0.903. The zero-order valence-electron chi connectivity index (χ0n) is 14.9. The Bertz CT molecular complexity index is 616. The minimum Gasteiger partial charge on any atom is -0.376 e. The van der Waals surface area contributed by atoms with Gasteiger partial charge in [-0.3, -0.25) is 4.68 Å². The highest BCUT2D eigenvalue weighted by Gasteiger charge is 2.52. The zero-order valence-corrected chi connectivity index (χ0v) is 14.9. The molecule has 1 aromatic heterocycles. The smallest absolute Gasteiger partial charge is 0.322 e. The summed E-state index contributed by atoms with van der Waals surface area (Å²) in [6.07, 6.45) is 8.60. The fourth-order valence-corrected chi connectivity index (χ4v) is 4.31. The number of hydrogen-bond acceptors (Lipinski definition) is 3. The number of ether oxygens (including phenoxy) is 1. The first kappa shape index (κ1) is 15.9. The number of carbonyl (C=O) groups is 1. The van der Waals surface area contributed by atoms with Crippen molar-refractivity contribution in [1.29, 1.82) is 0 Å². The number of rotatable bonds is 4. The molecule has 3 aliphatic rings. The fraction of sp³-hybridized carbons (Fsp3) is 0.778. The lowest BCUT2D eigenvalue weighted by molar-refractivity contribution is -0.0884. The van der Waals surface area contributed by atoms with Crippen molar-refractivity contribution in [3.05, 3.63) is 12.4 Å². The van der Waals surface area contributed by atoms with Crippen molar-refractivity contribution in [3.63, 3.8) is 0 Å². The summed E-state index contributed by atoms with van der Waals surface area (Å²) in [5.74, 6) is 0.744. The number of aromatic nitrogens is 2. The van der Waals surface area contributed by atoms with Gasteiger partial charge in [0.2, 0.25) is 0 Å². The highest BCUT2D eigenvalue weighted by atomic mass is 16.5. The molecular formula is C18H28N4O2. The van der Waals surface area contributed by atoms with E-state index in [0.29, 0.717) is 6.04 Å². The number of anilines is 1. The van der Waals surface area contributed by atoms with E-state index in [9.17, 15) is 4.79 Å². The quantitative estimate of drug-likeness (QED) is 0.920. The maximum Gasteiger partial charge on any atom is 0.322 e. The molecule has 3 fully saturated rings. The molecule has 2 amide bonds. The van der Waals surface area contributed by atoms with Crippen LogP contribution in [0, 0.1) is 11.3 Å². The van der Waals surface area contributed by atoms with Gasteiger partial charge in [-0.05, 0) is 38.5 Å². The predicted octanol–water partition coefficient (Wildman–Crippen LogP) is 3.28. The van der Waals surface area contributed by atoms with Crippen LogP contribution in [0.5, 0.6) is 0 Å². The lowest BCUT2D eigenvalue weighted by Crippen LogP contribution is -2.68. The van der Waals surface area contributed by atoms with Crippen LogP contribution < -0.4 is 5.32 Å². The molecule has 132 valence electrons. The number of carbonyl (C=O) groups excluding carboxylic acids is 1. The lowest BCUT2D eigenvalue weighted by atomic mass is 9.72. The third-order valence-electron chi connectivity index (χ3n) is 5.87. The first-order valence-electron chi connectivity index (χ1n) is 9.19. The molecule has 3 atom stereocenters. The molecule has 0 bridgehead atoms. The van der Waals surface area contributed by atoms with Crippen LogP contribution in [-0.4, -0.2) is 46.0 Å². The van der Waals surface area contributed by atoms with Gasteiger partial charge in [0.1, 0.15) is 0 Å². The third-order valence-corrected chi connectivity index (χ3v) is 5.87. The Morgan fingerprint density at radius 3 is 2.83 bits per heavy atom. The van der Waals surface area contributed by atoms with Gasteiger partial charge < -0.3 is 15.0 Å². The normalized spacial score (nSPS) is 30.0. The van der Waals surface area contributed by atoms with Crippen LogP contribution in [0.3, 0.4) is 0 Å². The predicted molar refractivity (Wildman–Crippen MR) is 91.9 cm³/mol. The Morgan fingerprint density at radius 2 is 2.21 bits per heavy atom. The van der Waals surface area contributed by atoms with Crippen LogP contribution >= 0.6 is 0 Å². The topological polar surface area (TPSA) is 59.4 Å². The molecule has 0 aromatic carbocycles. The van der Waals surface area contributed by atoms with E-state index in [-0.39, 0.29) is 23.6 Å². The van der Waals surface area contributed by atoms with Crippen molar-refractivity contribution in [3.8, 4) is 0 Å². The Balaban J connectivity index is 1.40. The molecule has 1 saturated carbocycles. The molecule has 4 rings (SSSR count). The second kappa shape index (κ2) is 5.76. The van der Waals surface area contributed by atoms with E-state index >= 15 is 0 Å². The standard InChI is InChI=1S/C18H28N4O2/c1-12(13-6-7-13)22-10-14(9-19-22)20-17(23)21-11-18(2,3)16(21)15-5-4-8-24-15/h9-10,12-13,15-16H,4-8,11H2,1-3H3,(H,20,23). The van der Waals surface area contributed by atoms with Gasteiger partial charge >= 0.3 is 6.03 Å². The van der Waals surface area contributed by atoms with Gasteiger partial charge in [-0.2, -0.15) is 5.10 Å². The average Bonchev–Trinajstić information content (AvgIpc) is 3.05. The number of urea groups is 1. The first-order valence-corrected chi connectivity index (χ1v) is 9.19. The van der Waals surface area contributed by atoms with Crippen molar-refractivity contribution in [2.24, 2.45) is 11.3 Å². The molecule has 1 N–H and O–H groups in total. The van der Waals surface area contributed by atoms with E-state index in [4.69, 9.17) is 4.74 Å². The third kappa shape index (κ3) is 2.81. The van der Waals surface area contributed by atoms with Crippen molar-refractivity contribution >= 4 is 11.7 Å². The molecule has 24 heavy (non-hydrogen) atoms. The van der Waals surface area contributed by atoms with E-state index in [2.05, 4.69) is 31.2 Å². The Hall–Kier alpha value is -1.56. The molecule has 3 unspecified atom stereocenters. The van der Waals surface area contributed by atoms with Crippen molar-refractivity contribution in [2.45, 2.75) is 64.6 Å². The largest absolute Gasteiger partial charge is 0.376 e. The SMILES string of the molecule is CC(C1CC1)n1cc(NC(=O)N2CC(C)(C)C2C2CCCO2)cn1. The molecule has 2 aliphatic heterocycles. The molecule has 1 aliphatic carbocycles. The summed E-state index contributed by atoms with van der Waals surface area (Å²) in [5, 5.41) is 7.44. The molecule has 3 heterocycles. The van der Waals surface area contributed by atoms with Crippen molar-refractivity contribution in [2.75, 3.05) is 18.5 Å². The second-order valence-electron chi connectivity index (χ2n) is 8.33. The number of hydrogen-bond donors (Lipinski definition) is 1. The van der Waals surface area contributed by atoms with Crippen molar-refractivity contribution in [1.82, 2.24) is 14.7 Å². The summed E-state index contributed by atoms with van der Waals surface area (Å²) >= 11 is 0. The van der Waals surface area contributed by atoms with Gasteiger partial charge in [0.05, 0.1) is 30.1 Å². The summed E-state index contributed by atoms with van der Waals surface area (Å²) in [6, 6.07) is 0.548. The number of nitrogens with one attached hydrogen (secondary N) is 1. The Kier molecular flexibility index (Phi) is 3.82. The van der Waals surface area contributed by atoms with E-state index < -0.39 is 0 Å². The minimum atomic E-state index is -0.0338. The number of nitrogens with zero attached hydrogens (tertiary/aromatic N) is 3. The second-order valence-corrected chi connectivity index (χ2v) is 8.33. The maximum absolute atomic E-state index is 12.7. The zero-order chi connectivity index (χ0) is 16.9. The van der Waals surface area contributed by atoms with E-state index in [1.165, 1.54) is 12.8 Å². The van der Waals surface area contributed by atoms with Crippen LogP contribution in [0.15, 0.2) is 12.4 Å². The van der Waals surface area contributed by atoms with Crippen LogP contribution in [0.4, 0.5) is 10.5 Å². The highest BCUT2D eigenvalue weighted by Crippen LogP contribution is 2.43. The van der Waals surface area contributed by atoms with Gasteiger partial charge in [-0.1, -0.05) is 13.8 Å². The van der Waals surface area contributed by atoms with Gasteiger partial charge in [0, 0.05) is 24.8 Å². The van der Waals surface area contributed by atoms with Gasteiger partial charge in [0.15, 0.2) is 0 Å². The molecule has 0 radical (unpaired) electrons. The number of amides is 2. The molecule has 1 aromatic rings. The fourth-order valence-electron chi connectivity index (χ4n) is 4.31. The van der Waals surface area contributed by atoms with Crippen LogP contribution in [-0.2, 0) is 4.74 Å². The summed E-state index contributed by atoms with van der Waals surface area (Å²) < 4.78 is 7.83. The van der Waals surface area contributed by atoms with Crippen LogP contribution in [0.25, 0.3) is 0 Å². The lowest BCUT2D eigenvalue weighted by Gasteiger charge is -2.56.